The van der Waals surface area contributed by atoms with Crippen LogP contribution >= 0.6 is 19.0 Å². The van der Waals surface area contributed by atoms with Crippen molar-refractivity contribution >= 4 is 24.3 Å². The molecule has 0 aromatic heterocycles. The van der Waals surface area contributed by atoms with E-state index in [2.05, 4.69) is 0 Å². The molecule has 0 bridgehead atoms. The average Bonchev–Trinajstić information content (AvgIpc) is 2.48. The third-order valence-corrected chi connectivity index (χ3v) is 6.04. The molecule has 0 heterocycles. The second kappa shape index (κ2) is 6.55. The number of hydrogen-bond acceptors (Lipinski definition) is 3. The van der Waals surface area contributed by atoms with Gasteiger partial charge < -0.3 is 9.63 Å². The van der Waals surface area contributed by atoms with Crippen LogP contribution in [-0.4, -0.2) is 11.7 Å². The smallest absolute Gasteiger partial charge is 0.265 e. The molecule has 0 aliphatic rings. The van der Waals surface area contributed by atoms with Gasteiger partial charge in [-0.1, -0.05) is 54.1 Å². The van der Waals surface area contributed by atoms with Crippen molar-refractivity contribution in [3.63, 3.8) is 0 Å². The highest BCUT2D eigenvalue weighted by molar-refractivity contribution is 7.67. The fourth-order valence-corrected chi connectivity index (χ4v) is 4.64. The lowest BCUT2D eigenvalue weighted by Crippen LogP contribution is -2.15. The van der Waals surface area contributed by atoms with Gasteiger partial charge in [-0.25, -0.2) is 0 Å². The minimum absolute atomic E-state index is 0.229. The fraction of sp³-hybridized carbons (Fsp3) is 0.200. The van der Waals surface area contributed by atoms with Crippen LogP contribution in [0.25, 0.3) is 0 Å². The number of halogens is 1. The van der Waals surface area contributed by atoms with Gasteiger partial charge >= 0.3 is 0 Å². The molecule has 2 atom stereocenters. The maximum atomic E-state index is 13.2. The molecule has 2 aromatic carbocycles. The number of benzene rings is 2. The molecule has 1 N–H and O–H groups in total. The van der Waals surface area contributed by atoms with Gasteiger partial charge in [0.2, 0.25) is 0 Å². The quantitative estimate of drug-likeness (QED) is 0.850. The average molecular weight is 311 g/mol. The highest BCUT2D eigenvalue weighted by Gasteiger charge is 2.37. The molecule has 20 heavy (non-hydrogen) atoms. The van der Waals surface area contributed by atoms with Gasteiger partial charge in [-0.05, 0) is 24.6 Å². The Morgan fingerprint density at radius 2 is 1.75 bits per heavy atom. The van der Waals surface area contributed by atoms with Crippen LogP contribution in [0.2, 0.25) is 5.02 Å². The molecule has 0 saturated carbocycles. The second-order valence-electron chi connectivity index (χ2n) is 4.25. The molecule has 0 fully saturated rings. The molecule has 0 radical (unpaired) electrons. The third-order valence-electron chi connectivity index (χ3n) is 2.93. The van der Waals surface area contributed by atoms with E-state index < -0.39 is 13.2 Å². The molecular weight excluding hydrogens is 295 g/mol. The number of aliphatic hydroxyl groups excluding tert-OH is 1. The molecule has 0 saturated heterocycles. The topological polar surface area (TPSA) is 46.5 Å². The van der Waals surface area contributed by atoms with Crippen LogP contribution in [0.15, 0.2) is 54.6 Å². The van der Waals surface area contributed by atoms with Crippen molar-refractivity contribution in [2.24, 2.45) is 0 Å². The first-order valence-electron chi connectivity index (χ1n) is 6.32. The minimum atomic E-state index is -3.50. The summed E-state index contributed by atoms with van der Waals surface area (Å²) in [5, 5.41) is 11.2. The van der Waals surface area contributed by atoms with E-state index in [1.54, 1.807) is 55.5 Å². The number of rotatable bonds is 5. The first kappa shape index (κ1) is 15.3. The lowest BCUT2D eigenvalue weighted by molar-refractivity contribution is 0.218. The molecule has 0 unspecified atom stereocenters. The summed E-state index contributed by atoms with van der Waals surface area (Å²) in [4.78, 5) is 0. The van der Waals surface area contributed by atoms with Gasteiger partial charge in [-0.15, -0.1) is 0 Å². The summed E-state index contributed by atoms with van der Waals surface area (Å²) in [7, 11) is -3.50. The predicted octanol–water partition coefficient (Wildman–Crippen LogP) is 3.97. The molecule has 5 heteroatoms. The van der Waals surface area contributed by atoms with Crippen LogP contribution in [0.4, 0.5) is 0 Å². The molecule has 0 aliphatic carbocycles. The van der Waals surface area contributed by atoms with E-state index in [1.165, 1.54) is 0 Å². The summed E-state index contributed by atoms with van der Waals surface area (Å²) >= 11 is 6.11. The van der Waals surface area contributed by atoms with Gasteiger partial charge in [0.15, 0.2) is 5.85 Å². The fourth-order valence-electron chi connectivity index (χ4n) is 1.99. The van der Waals surface area contributed by atoms with Crippen molar-refractivity contribution in [1.82, 2.24) is 0 Å². The lowest BCUT2D eigenvalue weighted by Gasteiger charge is -2.24. The minimum Gasteiger partial charge on any atom is -0.378 e. The lowest BCUT2D eigenvalue weighted by atomic mass is 10.2. The van der Waals surface area contributed by atoms with E-state index in [0.29, 0.717) is 15.9 Å². The molecule has 2 rings (SSSR count). The molecular formula is C15H16ClO3P. The van der Waals surface area contributed by atoms with Gasteiger partial charge in [0.1, 0.15) is 0 Å². The Labute approximate surface area is 123 Å². The van der Waals surface area contributed by atoms with E-state index >= 15 is 0 Å². The Morgan fingerprint density at radius 3 is 2.35 bits per heavy atom. The monoisotopic (exact) mass is 310 g/mol. The predicted molar refractivity (Wildman–Crippen MR) is 81.7 cm³/mol. The van der Waals surface area contributed by atoms with Gasteiger partial charge in [0.25, 0.3) is 7.37 Å². The summed E-state index contributed by atoms with van der Waals surface area (Å²) in [5.74, 6) is -1.23. The second-order valence-corrected chi connectivity index (χ2v) is 7.08. The van der Waals surface area contributed by atoms with Crippen molar-refractivity contribution < 1.29 is 14.2 Å². The summed E-state index contributed by atoms with van der Waals surface area (Å²) in [6.45, 7) is 1.97. The molecule has 2 aromatic rings. The molecule has 0 amide bonds. The zero-order valence-corrected chi connectivity index (χ0v) is 12.7. The van der Waals surface area contributed by atoms with Crippen molar-refractivity contribution in [2.75, 3.05) is 6.61 Å². The van der Waals surface area contributed by atoms with Crippen molar-refractivity contribution in [3.8, 4) is 0 Å². The van der Waals surface area contributed by atoms with E-state index in [9.17, 15) is 9.67 Å². The SMILES string of the molecule is CCO[P@](=O)(c1ccccc1Cl)[C@H](O)c1ccccc1. The Bertz CT molecular complexity index is 616. The molecule has 106 valence electrons. The van der Waals surface area contributed by atoms with E-state index in [4.69, 9.17) is 16.1 Å². The van der Waals surface area contributed by atoms with E-state index in [-0.39, 0.29) is 6.61 Å². The Morgan fingerprint density at radius 1 is 1.15 bits per heavy atom. The molecule has 3 nitrogen and oxygen atoms in total. The molecule has 0 spiro atoms. The van der Waals surface area contributed by atoms with Gasteiger partial charge in [-0.2, -0.15) is 0 Å². The molecule has 0 aliphatic heterocycles. The number of aliphatic hydroxyl groups is 1. The Kier molecular flexibility index (Phi) is 5.00. The van der Waals surface area contributed by atoms with Crippen molar-refractivity contribution in [1.29, 1.82) is 0 Å². The van der Waals surface area contributed by atoms with E-state index in [0.717, 1.165) is 0 Å². The van der Waals surface area contributed by atoms with Crippen LogP contribution < -0.4 is 5.30 Å². The van der Waals surface area contributed by atoms with Crippen LogP contribution in [0.1, 0.15) is 18.3 Å². The summed E-state index contributed by atoms with van der Waals surface area (Å²) in [6, 6.07) is 15.6. The normalized spacial score (nSPS) is 15.6. The maximum absolute atomic E-state index is 13.2. The van der Waals surface area contributed by atoms with Crippen LogP contribution in [-0.2, 0) is 9.09 Å². The van der Waals surface area contributed by atoms with Gasteiger partial charge in [0, 0.05) is 0 Å². The van der Waals surface area contributed by atoms with E-state index in [1.807, 2.05) is 6.07 Å². The summed E-state index contributed by atoms with van der Waals surface area (Å²) in [6.07, 6.45) is 0. The van der Waals surface area contributed by atoms with Crippen molar-refractivity contribution in [3.05, 3.63) is 65.2 Å². The zero-order chi connectivity index (χ0) is 14.6. The Balaban J connectivity index is 2.50. The van der Waals surface area contributed by atoms with Crippen LogP contribution in [0, 0.1) is 0 Å². The highest BCUT2D eigenvalue weighted by atomic mass is 35.5. The maximum Gasteiger partial charge on any atom is 0.265 e. The number of hydrogen-bond donors (Lipinski definition) is 1. The largest absolute Gasteiger partial charge is 0.378 e. The standard InChI is InChI=1S/C15H16ClO3P/c1-2-19-20(18,14-11-7-6-10-13(14)16)15(17)12-8-4-3-5-9-12/h3-11,15,17H,2H2,1H3/t15-,20+/m0/s1. The van der Waals surface area contributed by atoms with Gasteiger partial charge in [0.05, 0.1) is 16.9 Å². The van der Waals surface area contributed by atoms with Crippen LogP contribution in [0.5, 0.6) is 0 Å². The zero-order valence-electron chi connectivity index (χ0n) is 11.1. The Hall–Kier alpha value is -1.12. The first-order chi connectivity index (χ1) is 9.59. The summed E-state index contributed by atoms with van der Waals surface area (Å²) in [5.41, 5.74) is 0.546. The highest BCUT2D eigenvalue weighted by Crippen LogP contribution is 2.58. The van der Waals surface area contributed by atoms with Crippen LogP contribution in [0.3, 0.4) is 0 Å². The first-order valence-corrected chi connectivity index (χ1v) is 8.39. The summed E-state index contributed by atoms with van der Waals surface area (Å²) < 4.78 is 18.6. The van der Waals surface area contributed by atoms with Gasteiger partial charge in [-0.3, -0.25) is 4.57 Å². The third kappa shape index (κ3) is 2.97. The van der Waals surface area contributed by atoms with Crippen molar-refractivity contribution in [2.45, 2.75) is 12.8 Å².